The van der Waals surface area contributed by atoms with Crippen LogP contribution >= 0.6 is 0 Å². The number of non-ortho nitro benzene ring substituents is 1. The summed E-state index contributed by atoms with van der Waals surface area (Å²) in [5.74, 6) is 0.765. The number of hydrogen-bond acceptors (Lipinski definition) is 3. The molecule has 25 heavy (non-hydrogen) atoms. The second-order valence-electron chi connectivity index (χ2n) is 5.91. The summed E-state index contributed by atoms with van der Waals surface area (Å²) in [6, 6.07) is 22.5. The minimum atomic E-state index is -0.379. The van der Waals surface area contributed by atoms with E-state index < -0.39 is 0 Å². The van der Waals surface area contributed by atoms with Gasteiger partial charge in [0.2, 0.25) is 0 Å². The molecule has 0 radical (unpaired) electrons. The van der Waals surface area contributed by atoms with Gasteiger partial charge in [-0.3, -0.25) is 14.7 Å². The molecular weight excluding hydrogens is 314 g/mol. The lowest BCUT2D eigenvalue weighted by Crippen LogP contribution is -1.99. The molecular formula is C20H15N3O2. The van der Waals surface area contributed by atoms with E-state index in [4.69, 9.17) is 4.98 Å². The molecule has 1 heterocycles. The molecule has 1 aromatic heterocycles. The van der Waals surface area contributed by atoms with E-state index in [1.165, 1.54) is 6.07 Å². The van der Waals surface area contributed by atoms with Crippen LogP contribution in [0.3, 0.4) is 0 Å². The van der Waals surface area contributed by atoms with Crippen molar-refractivity contribution in [2.75, 3.05) is 0 Å². The van der Waals surface area contributed by atoms with Gasteiger partial charge in [0.05, 0.1) is 21.6 Å². The van der Waals surface area contributed by atoms with Crippen LogP contribution in [0.2, 0.25) is 0 Å². The standard InChI is InChI=1S/C20H15N3O2/c1-14-10-11-18-19(12-14)22(16-8-5-9-17(13-16)23(24)25)20(21-18)15-6-3-2-4-7-15/h2-13H,1H3. The molecule has 0 bridgehead atoms. The first-order chi connectivity index (χ1) is 12.1. The molecule has 3 aromatic carbocycles. The molecule has 0 saturated heterocycles. The van der Waals surface area contributed by atoms with Crippen molar-refractivity contribution < 1.29 is 4.92 Å². The Morgan fingerprint density at radius 3 is 2.52 bits per heavy atom. The molecule has 4 rings (SSSR count). The van der Waals surface area contributed by atoms with E-state index in [1.807, 2.05) is 66.1 Å². The third kappa shape index (κ3) is 2.65. The van der Waals surface area contributed by atoms with Crippen molar-refractivity contribution in [2.24, 2.45) is 0 Å². The topological polar surface area (TPSA) is 61.0 Å². The average Bonchev–Trinajstić information content (AvgIpc) is 3.01. The number of hydrogen-bond donors (Lipinski definition) is 0. The van der Waals surface area contributed by atoms with Crippen LogP contribution in [-0.2, 0) is 0 Å². The molecule has 5 heteroatoms. The van der Waals surface area contributed by atoms with Crippen LogP contribution < -0.4 is 0 Å². The summed E-state index contributed by atoms with van der Waals surface area (Å²) < 4.78 is 1.98. The van der Waals surface area contributed by atoms with Crippen LogP contribution in [0.15, 0.2) is 72.8 Å². The highest BCUT2D eigenvalue weighted by atomic mass is 16.6. The van der Waals surface area contributed by atoms with Crippen molar-refractivity contribution in [1.82, 2.24) is 9.55 Å². The van der Waals surface area contributed by atoms with Crippen LogP contribution in [0.5, 0.6) is 0 Å². The SMILES string of the molecule is Cc1ccc2nc(-c3ccccc3)n(-c3cccc([N+](=O)[O-])c3)c2c1. The Kier molecular flexibility index (Phi) is 3.54. The molecule has 4 aromatic rings. The lowest BCUT2D eigenvalue weighted by Gasteiger charge is -2.09. The minimum absolute atomic E-state index is 0.0611. The molecule has 0 amide bonds. The number of benzene rings is 3. The number of aromatic nitrogens is 2. The number of fused-ring (bicyclic) bond motifs is 1. The predicted molar refractivity (Wildman–Crippen MR) is 97.9 cm³/mol. The Labute approximate surface area is 144 Å². The number of aryl methyl sites for hydroxylation is 1. The van der Waals surface area contributed by atoms with E-state index in [2.05, 4.69) is 0 Å². The third-order valence-electron chi connectivity index (χ3n) is 4.14. The van der Waals surface area contributed by atoms with E-state index in [0.29, 0.717) is 0 Å². The van der Waals surface area contributed by atoms with Crippen molar-refractivity contribution in [3.8, 4) is 17.1 Å². The summed E-state index contributed by atoms with van der Waals surface area (Å²) >= 11 is 0. The first kappa shape index (κ1) is 15.1. The molecule has 0 unspecified atom stereocenters. The van der Waals surface area contributed by atoms with E-state index in [1.54, 1.807) is 12.1 Å². The van der Waals surface area contributed by atoms with Gasteiger partial charge in [-0.1, -0.05) is 42.5 Å². The molecule has 5 nitrogen and oxygen atoms in total. The van der Waals surface area contributed by atoms with Crippen LogP contribution in [-0.4, -0.2) is 14.5 Å². The Morgan fingerprint density at radius 1 is 0.960 bits per heavy atom. The van der Waals surface area contributed by atoms with Gasteiger partial charge in [-0.15, -0.1) is 0 Å². The zero-order chi connectivity index (χ0) is 17.4. The van der Waals surface area contributed by atoms with Crippen molar-refractivity contribution in [3.05, 3.63) is 88.5 Å². The molecule has 0 aliphatic heterocycles. The molecule has 0 N–H and O–H groups in total. The summed E-state index contributed by atoms with van der Waals surface area (Å²) in [6.07, 6.45) is 0. The maximum absolute atomic E-state index is 11.2. The summed E-state index contributed by atoms with van der Waals surface area (Å²) in [4.78, 5) is 15.6. The maximum atomic E-state index is 11.2. The van der Waals surface area contributed by atoms with Crippen molar-refractivity contribution >= 4 is 16.7 Å². The van der Waals surface area contributed by atoms with Gasteiger partial charge < -0.3 is 0 Å². The number of imidazole rings is 1. The second kappa shape index (κ2) is 5.87. The van der Waals surface area contributed by atoms with Crippen LogP contribution in [0.25, 0.3) is 28.1 Å². The fourth-order valence-electron chi connectivity index (χ4n) is 2.97. The fourth-order valence-corrected chi connectivity index (χ4v) is 2.97. The zero-order valence-corrected chi connectivity index (χ0v) is 13.6. The second-order valence-corrected chi connectivity index (χ2v) is 5.91. The van der Waals surface area contributed by atoms with Crippen molar-refractivity contribution in [3.63, 3.8) is 0 Å². The molecule has 0 aliphatic carbocycles. The van der Waals surface area contributed by atoms with E-state index in [-0.39, 0.29) is 10.6 Å². The molecule has 0 fully saturated rings. The Bertz CT molecular complexity index is 1080. The van der Waals surface area contributed by atoms with Gasteiger partial charge in [0.15, 0.2) is 0 Å². The van der Waals surface area contributed by atoms with Gasteiger partial charge in [-0.25, -0.2) is 4.98 Å². The highest BCUT2D eigenvalue weighted by Crippen LogP contribution is 2.30. The molecule has 0 atom stereocenters. The molecule has 0 aliphatic rings. The first-order valence-electron chi connectivity index (χ1n) is 7.93. The quantitative estimate of drug-likeness (QED) is 0.396. The van der Waals surface area contributed by atoms with Gasteiger partial charge in [0.25, 0.3) is 5.69 Å². The van der Waals surface area contributed by atoms with Crippen LogP contribution in [0.1, 0.15) is 5.56 Å². The lowest BCUT2D eigenvalue weighted by atomic mass is 10.2. The van der Waals surface area contributed by atoms with Crippen molar-refractivity contribution in [1.29, 1.82) is 0 Å². The smallest absolute Gasteiger partial charge is 0.271 e. The van der Waals surface area contributed by atoms with Gasteiger partial charge in [-0.2, -0.15) is 0 Å². The van der Waals surface area contributed by atoms with Gasteiger partial charge in [0, 0.05) is 17.7 Å². The van der Waals surface area contributed by atoms with E-state index >= 15 is 0 Å². The van der Waals surface area contributed by atoms with Crippen LogP contribution in [0, 0.1) is 17.0 Å². The number of nitro benzene ring substituents is 1. The van der Waals surface area contributed by atoms with E-state index in [9.17, 15) is 10.1 Å². The average molecular weight is 329 g/mol. The largest absolute Gasteiger partial charge is 0.292 e. The molecule has 122 valence electrons. The normalized spacial score (nSPS) is 10.9. The Morgan fingerprint density at radius 2 is 1.76 bits per heavy atom. The summed E-state index contributed by atoms with van der Waals surface area (Å²) in [6.45, 7) is 2.02. The van der Waals surface area contributed by atoms with Gasteiger partial charge in [0.1, 0.15) is 5.82 Å². The molecule has 0 spiro atoms. The number of rotatable bonds is 3. The highest BCUT2D eigenvalue weighted by Gasteiger charge is 2.16. The lowest BCUT2D eigenvalue weighted by molar-refractivity contribution is -0.384. The summed E-state index contributed by atoms with van der Waals surface area (Å²) in [5, 5.41) is 11.2. The Balaban J connectivity index is 2.05. The predicted octanol–water partition coefficient (Wildman–Crippen LogP) is 4.91. The highest BCUT2D eigenvalue weighted by molar-refractivity contribution is 5.84. The van der Waals surface area contributed by atoms with Crippen molar-refractivity contribution in [2.45, 2.75) is 6.92 Å². The number of nitro groups is 1. The van der Waals surface area contributed by atoms with Crippen LogP contribution in [0.4, 0.5) is 5.69 Å². The monoisotopic (exact) mass is 329 g/mol. The molecule has 0 saturated carbocycles. The minimum Gasteiger partial charge on any atom is -0.292 e. The van der Waals surface area contributed by atoms with Gasteiger partial charge >= 0.3 is 0 Å². The Hall–Kier alpha value is -3.47. The zero-order valence-electron chi connectivity index (χ0n) is 13.6. The third-order valence-corrected chi connectivity index (χ3v) is 4.14. The summed E-state index contributed by atoms with van der Waals surface area (Å²) in [7, 11) is 0. The summed E-state index contributed by atoms with van der Waals surface area (Å²) in [5.41, 5.74) is 4.64. The number of nitrogens with zero attached hydrogens (tertiary/aromatic N) is 3. The maximum Gasteiger partial charge on any atom is 0.271 e. The first-order valence-corrected chi connectivity index (χ1v) is 7.93. The van der Waals surface area contributed by atoms with Gasteiger partial charge in [-0.05, 0) is 30.7 Å². The van der Waals surface area contributed by atoms with E-state index in [0.717, 1.165) is 33.7 Å². The fraction of sp³-hybridized carbons (Fsp3) is 0.0500.